The first kappa shape index (κ1) is 17.8. The van der Waals surface area contributed by atoms with Crippen LogP contribution < -0.4 is 4.90 Å². The fraction of sp³-hybridized carbons (Fsp3) is 0.250. The number of phenols is 1. The number of benzene rings is 2. The molecule has 0 heterocycles. The second kappa shape index (κ2) is 7.79. The number of hydrogen-bond donors (Lipinski definition) is 2. The molecule has 0 aliphatic heterocycles. The molecular weight excluding hydrogens is 302 g/mol. The Balaban J connectivity index is 2.48. The van der Waals surface area contributed by atoms with Crippen LogP contribution in [0.1, 0.15) is 18.9 Å². The number of aryl methyl sites for hydroxylation is 1. The molecule has 0 bridgehead atoms. The third kappa shape index (κ3) is 4.03. The number of phenolic OH excluding ortho intramolecular Hbond substituents is 1. The Kier molecular flexibility index (Phi) is 5.77. The van der Waals surface area contributed by atoms with Gasteiger partial charge in [0.1, 0.15) is 5.75 Å². The molecule has 2 aromatic rings. The van der Waals surface area contributed by atoms with Crippen LogP contribution in [0.2, 0.25) is 0 Å². The van der Waals surface area contributed by atoms with Crippen LogP contribution in [0.4, 0.5) is 11.4 Å². The molecule has 0 saturated carbocycles. The van der Waals surface area contributed by atoms with Crippen molar-refractivity contribution < 1.29 is 15.0 Å². The molecule has 0 aliphatic rings. The second-order valence-electron chi connectivity index (χ2n) is 6.02. The number of hydrogen-bond acceptors (Lipinski definition) is 3. The number of aromatic hydroxyl groups is 1. The van der Waals surface area contributed by atoms with Crippen molar-refractivity contribution in [3.05, 3.63) is 66.2 Å². The van der Waals surface area contributed by atoms with E-state index in [0.717, 1.165) is 5.57 Å². The first-order chi connectivity index (χ1) is 11.4. The quantitative estimate of drug-likeness (QED) is 0.791. The van der Waals surface area contributed by atoms with Crippen molar-refractivity contribution in [3.63, 3.8) is 0 Å². The number of anilines is 2. The van der Waals surface area contributed by atoms with Crippen molar-refractivity contribution in [1.29, 1.82) is 0 Å². The van der Waals surface area contributed by atoms with E-state index < -0.39 is 5.92 Å². The minimum atomic E-state index is -0.559. The highest BCUT2D eigenvalue weighted by atomic mass is 16.3. The number of carbonyl (C=O) groups is 1. The van der Waals surface area contributed by atoms with Crippen LogP contribution >= 0.6 is 0 Å². The lowest BCUT2D eigenvalue weighted by Crippen LogP contribution is -2.34. The Morgan fingerprint density at radius 2 is 1.83 bits per heavy atom. The van der Waals surface area contributed by atoms with Gasteiger partial charge in [0.15, 0.2) is 0 Å². The number of nitrogens with zero attached hydrogens (tertiary/aromatic N) is 1. The van der Waals surface area contributed by atoms with E-state index in [4.69, 9.17) is 0 Å². The third-order valence-electron chi connectivity index (χ3n) is 3.84. The highest BCUT2D eigenvalue weighted by Crippen LogP contribution is 2.31. The molecule has 0 aromatic heterocycles. The normalized spacial score (nSPS) is 11.8. The Bertz CT molecular complexity index is 725. The van der Waals surface area contributed by atoms with E-state index in [1.807, 2.05) is 37.3 Å². The van der Waals surface area contributed by atoms with E-state index in [-0.39, 0.29) is 18.3 Å². The van der Waals surface area contributed by atoms with Crippen molar-refractivity contribution >= 4 is 17.3 Å². The number of para-hydroxylation sites is 1. The molecule has 0 fully saturated rings. The van der Waals surface area contributed by atoms with Crippen molar-refractivity contribution in [2.75, 3.05) is 11.5 Å². The Labute approximate surface area is 142 Å². The number of allylic oxidation sites excluding steroid dienone is 1. The molecule has 126 valence electrons. The molecule has 1 amide bonds. The summed E-state index contributed by atoms with van der Waals surface area (Å²) in [4.78, 5) is 14.6. The van der Waals surface area contributed by atoms with Crippen LogP contribution in [0.15, 0.2) is 60.7 Å². The molecule has 2 rings (SSSR count). The summed E-state index contributed by atoms with van der Waals surface area (Å²) >= 11 is 0. The van der Waals surface area contributed by atoms with E-state index >= 15 is 0 Å². The van der Waals surface area contributed by atoms with E-state index in [0.29, 0.717) is 23.4 Å². The monoisotopic (exact) mass is 325 g/mol. The average Bonchev–Trinajstić information content (AvgIpc) is 2.56. The van der Waals surface area contributed by atoms with Crippen LogP contribution in [-0.4, -0.2) is 22.7 Å². The number of aliphatic hydroxyl groups excluding tert-OH is 1. The van der Waals surface area contributed by atoms with Gasteiger partial charge in [-0.15, -0.1) is 6.58 Å². The van der Waals surface area contributed by atoms with Crippen LogP contribution in [0.5, 0.6) is 5.75 Å². The zero-order valence-corrected chi connectivity index (χ0v) is 14.1. The SMILES string of the molecule is C=C(C)CC(CO)C(=O)N(c1ccccc1)c1ccc(O)c(C)c1. The van der Waals surface area contributed by atoms with Gasteiger partial charge in [0.05, 0.1) is 12.5 Å². The summed E-state index contributed by atoms with van der Waals surface area (Å²) in [5.74, 6) is -0.576. The lowest BCUT2D eigenvalue weighted by Gasteiger charge is -2.27. The van der Waals surface area contributed by atoms with Gasteiger partial charge in [0, 0.05) is 11.4 Å². The van der Waals surface area contributed by atoms with Crippen LogP contribution in [0.25, 0.3) is 0 Å². The summed E-state index contributed by atoms with van der Waals surface area (Å²) in [6.45, 7) is 7.22. The van der Waals surface area contributed by atoms with Gasteiger partial charge in [-0.05, 0) is 56.2 Å². The predicted octanol–water partition coefficient (Wildman–Crippen LogP) is 3.94. The fourth-order valence-electron chi connectivity index (χ4n) is 2.59. The van der Waals surface area contributed by atoms with E-state index in [9.17, 15) is 15.0 Å². The van der Waals surface area contributed by atoms with Gasteiger partial charge in [-0.2, -0.15) is 0 Å². The molecule has 4 heteroatoms. The smallest absolute Gasteiger partial charge is 0.237 e. The highest BCUT2D eigenvalue weighted by molar-refractivity contribution is 6.02. The largest absolute Gasteiger partial charge is 0.508 e. The molecule has 24 heavy (non-hydrogen) atoms. The van der Waals surface area contributed by atoms with Crippen molar-refractivity contribution in [3.8, 4) is 5.75 Å². The maximum absolute atomic E-state index is 13.1. The summed E-state index contributed by atoms with van der Waals surface area (Å²) < 4.78 is 0. The van der Waals surface area contributed by atoms with Gasteiger partial charge in [-0.3, -0.25) is 9.69 Å². The molecule has 4 nitrogen and oxygen atoms in total. The Morgan fingerprint density at radius 3 is 2.38 bits per heavy atom. The summed E-state index contributed by atoms with van der Waals surface area (Å²) in [5, 5.41) is 19.4. The lowest BCUT2D eigenvalue weighted by molar-refractivity contribution is -0.122. The summed E-state index contributed by atoms with van der Waals surface area (Å²) in [5.41, 5.74) is 2.90. The van der Waals surface area contributed by atoms with Crippen molar-refractivity contribution in [2.24, 2.45) is 5.92 Å². The topological polar surface area (TPSA) is 60.8 Å². The standard InChI is InChI=1S/C20H23NO3/c1-14(2)11-16(13-22)20(24)21(17-7-5-4-6-8-17)18-9-10-19(23)15(3)12-18/h4-10,12,16,22-23H,1,11,13H2,2-3H3. The maximum atomic E-state index is 13.1. The number of aliphatic hydroxyl groups is 1. The van der Waals surface area contributed by atoms with Gasteiger partial charge in [-0.25, -0.2) is 0 Å². The minimum absolute atomic E-state index is 0.180. The zero-order valence-electron chi connectivity index (χ0n) is 14.1. The molecule has 1 unspecified atom stereocenters. The third-order valence-corrected chi connectivity index (χ3v) is 3.84. The van der Waals surface area contributed by atoms with Crippen LogP contribution in [-0.2, 0) is 4.79 Å². The molecule has 0 spiro atoms. The zero-order chi connectivity index (χ0) is 17.7. The molecular formula is C20H23NO3. The second-order valence-corrected chi connectivity index (χ2v) is 6.02. The molecule has 2 N–H and O–H groups in total. The Morgan fingerprint density at radius 1 is 1.17 bits per heavy atom. The highest BCUT2D eigenvalue weighted by Gasteiger charge is 2.26. The molecule has 2 aromatic carbocycles. The van der Waals surface area contributed by atoms with E-state index in [2.05, 4.69) is 6.58 Å². The fourth-order valence-corrected chi connectivity index (χ4v) is 2.59. The molecule has 1 atom stereocenters. The number of carbonyl (C=O) groups excluding carboxylic acids is 1. The van der Waals surface area contributed by atoms with E-state index in [1.165, 1.54) is 0 Å². The van der Waals surface area contributed by atoms with Gasteiger partial charge < -0.3 is 10.2 Å². The Hall–Kier alpha value is -2.59. The van der Waals surface area contributed by atoms with Crippen LogP contribution in [0.3, 0.4) is 0 Å². The van der Waals surface area contributed by atoms with Gasteiger partial charge in [-0.1, -0.05) is 23.8 Å². The lowest BCUT2D eigenvalue weighted by atomic mass is 9.99. The number of rotatable bonds is 6. The molecule has 0 saturated heterocycles. The summed E-state index contributed by atoms with van der Waals surface area (Å²) in [7, 11) is 0. The molecule has 0 aliphatic carbocycles. The summed E-state index contributed by atoms with van der Waals surface area (Å²) in [6.07, 6.45) is 0.426. The summed E-state index contributed by atoms with van der Waals surface area (Å²) in [6, 6.07) is 14.3. The minimum Gasteiger partial charge on any atom is -0.508 e. The average molecular weight is 325 g/mol. The van der Waals surface area contributed by atoms with E-state index in [1.54, 1.807) is 30.0 Å². The van der Waals surface area contributed by atoms with Crippen molar-refractivity contribution in [2.45, 2.75) is 20.3 Å². The van der Waals surface area contributed by atoms with Gasteiger partial charge in [0.25, 0.3) is 0 Å². The maximum Gasteiger partial charge on any atom is 0.237 e. The van der Waals surface area contributed by atoms with Gasteiger partial charge >= 0.3 is 0 Å². The predicted molar refractivity (Wildman–Crippen MR) is 96.4 cm³/mol. The number of amides is 1. The first-order valence-corrected chi connectivity index (χ1v) is 7.88. The van der Waals surface area contributed by atoms with Crippen molar-refractivity contribution in [1.82, 2.24) is 0 Å². The molecule has 0 radical (unpaired) electrons. The van der Waals surface area contributed by atoms with Gasteiger partial charge in [0.2, 0.25) is 5.91 Å². The van der Waals surface area contributed by atoms with Crippen LogP contribution in [0, 0.1) is 12.8 Å². The first-order valence-electron chi connectivity index (χ1n) is 7.88.